The first-order chi connectivity index (χ1) is 10.2. The molecule has 122 valence electrons. The van der Waals surface area contributed by atoms with Crippen molar-refractivity contribution < 1.29 is 4.79 Å². The third-order valence-electron chi connectivity index (χ3n) is 5.39. The Morgan fingerprint density at radius 1 is 1.18 bits per heavy atom. The van der Waals surface area contributed by atoms with Crippen molar-refractivity contribution >= 4 is 18.3 Å². The fraction of sp³-hybridized carbons (Fsp3) is 0.611. The van der Waals surface area contributed by atoms with E-state index in [1.165, 1.54) is 25.7 Å². The Kier molecular flexibility index (Phi) is 5.87. The topological polar surface area (TPSA) is 46.3 Å². The highest BCUT2D eigenvalue weighted by Crippen LogP contribution is 2.38. The van der Waals surface area contributed by atoms with Gasteiger partial charge in [0.1, 0.15) is 0 Å². The Labute approximate surface area is 139 Å². The van der Waals surface area contributed by atoms with Gasteiger partial charge in [0.15, 0.2) is 0 Å². The van der Waals surface area contributed by atoms with Crippen LogP contribution in [0.25, 0.3) is 0 Å². The first-order valence-electron chi connectivity index (χ1n) is 8.29. The molecule has 2 aliphatic rings. The van der Waals surface area contributed by atoms with Crippen LogP contribution in [0.15, 0.2) is 30.3 Å². The van der Waals surface area contributed by atoms with Crippen LogP contribution in [-0.4, -0.2) is 23.4 Å². The first kappa shape index (κ1) is 17.3. The number of hydrogen-bond acceptors (Lipinski definition) is 2. The lowest BCUT2D eigenvalue weighted by Crippen LogP contribution is -2.46. The van der Waals surface area contributed by atoms with Gasteiger partial charge >= 0.3 is 0 Å². The zero-order valence-corrected chi connectivity index (χ0v) is 14.1. The Hall–Kier alpha value is -1.06. The fourth-order valence-corrected chi connectivity index (χ4v) is 3.76. The molecule has 3 nitrogen and oxygen atoms in total. The van der Waals surface area contributed by atoms with E-state index in [-0.39, 0.29) is 30.3 Å². The lowest BCUT2D eigenvalue weighted by Gasteiger charge is -2.38. The summed E-state index contributed by atoms with van der Waals surface area (Å²) >= 11 is 0. The van der Waals surface area contributed by atoms with E-state index < -0.39 is 0 Å². The molecule has 1 aliphatic carbocycles. The van der Waals surface area contributed by atoms with Gasteiger partial charge in [-0.05, 0) is 37.2 Å². The predicted molar refractivity (Wildman–Crippen MR) is 91.9 cm³/mol. The van der Waals surface area contributed by atoms with Crippen LogP contribution < -0.4 is 5.73 Å². The van der Waals surface area contributed by atoms with E-state index in [0.717, 1.165) is 24.4 Å². The zero-order valence-electron chi connectivity index (χ0n) is 13.3. The second-order valence-corrected chi connectivity index (χ2v) is 6.66. The summed E-state index contributed by atoms with van der Waals surface area (Å²) in [5.41, 5.74) is 7.38. The van der Waals surface area contributed by atoms with Gasteiger partial charge in [-0.2, -0.15) is 0 Å². The molecule has 3 unspecified atom stereocenters. The van der Waals surface area contributed by atoms with Crippen molar-refractivity contribution in [1.29, 1.82) is 0 Å². The van der Waals surface area contributed by atoms with E-state index in [0.29, 0.717) is 6.04 Å². The van der Waals surface area contributed by atoms with Crippen LogP contribution in [-0.2, 0) is 4.79 Å². The molecule has 1 saturated heterocycles. The Bertz CT molecular complexity index is 489. The second kappa shape index (κ2) is 7.47. The van der Waals surface area contributed by atoms with Gasteiger partial charge < -0.3 is 10.6 Å². The van der Waals surface area contributed by atoms with Crippen LogP contribution in [0, 0.1) is 11.8 Å². The maximum absolute atomic E-state index is 12.9. The molecule has 1 aromatic carbocycles. The molecule has 3 rings (SSSR count). The standard InChI is InChI=1S/C18H26N2O.ClH/c1-13(17(19)15-7-3-2-4-8-15)18(21)20-12-6-11-16(20)14-9-5-10-14;/h2-4,7-8,13-14,16-17H,5-6,9-12,19H2,1H3;1H. The van der Waals surface area contributed by atoms with Crippen molar-refractivity contribution in [1.82, 2.24) is 4.90 Å². The van der Waals surface area contributed by atoms with Gasteiger partial charge in [-0.3, -0.25) is 4.79 Å². The van der Waals surface area contributed by atoms with E-state index in [1.54, 1.807) is 0 Å². The smallest absolute Gasteiger partial charge is 0.227 e. The van der Waals surface area contributed by atoms with E-state index in [4.69, 9.17) is 5.73 Å². The summed E-state index contributed by atoms with van der Waals surface area (Å²) in [6.07, 6.45) is 6.27. The monoisotopic (exact) mass is 322 g/mol. The molecule has 1 aliphatic heterocycles. The lowest BCUT2D eigenvalue weighted by atomic mass is 9.78. The molecule has 0 radical (unpaired) electrons. The molecular weight excluding hydrogens is 296 g/mol. The number of halogens is 1. The molecule has 2 fully saturated rings. The Morgan fingerprint density at radius 2 is 1.86 bits per heavy atom. The summed E-state index contributed by atoms with van der Waals surface area (Å²) in [4.78, 5) is 15.0. The third kappa shape index (κ3) is 3.31. The van der Waals surface area contributed by atoms with Crippen LogP contribution in [0.4, 0.5) is 0 Å². The van der Waals surface area contributed by atoms with E-state index in [9.17, 15) is 4.79 Å². The van der Waals surface area contributed by atoms with Crippen molar-refractivity contribution in [2.75, 3.05) is 6.54 Å². The minimum atomic E-state index is -0.207. The molecule has 4 heteroatoms. The van der Waals surface area contributed by atoms with Crippen LogP contribution in [0.5, 0.6) is 0 Å². The summed E-state index contributed by atoms with van der Waals surface area (Å²) < 4.78 is 0. The molecule has 0 spiro atoms. The summed E-state index contributed by atoms with van der Waals surface area (Å²) in [5, 5.41) is 0. The van der Waals surface area contributed by atoms with Crippen molar-refractivity contribution in [2.24, 2.45) is 17.6 Å². The zero-order chi connectivity index (χ0) is 14.8. The van der Waals surface area contributed by atoms with Crippen molar-refractivity contribution in [3.05, 3.63) is 35.9 Å². The number of carbonyl (C=O) groups is 1. The van der Waals surface area contributed by atoms with E-state index in [2.05, 4.69) is 4.90 Å². The van der Waals surface area contributed by atoms with Crippen molar-refractivity contribution in [3.8, 4) is 0 Å². The highest BCUT2D eigenvalue weighted by molar-refractivity contribution is 5.85. The largest absolute Gasteiger partial charge is 0.339 e. The summed E-state index contributed by atoms with van der Waals surface area (Å²) in [5.74, 6) is 0.852. The molecule has 22 heavy (non-hydrogen) atoms. The van der Waals surface area contributed by atoms with Gasteiger partial charge in [-0.1, -0.05) is 43.7 Å². The molecule has 1 heterocycles. The number of rotatable bonds is 4. The summed E-state index contributed by atoms with van der Waals surface area (Å²) in [6.45, 7) is 2.90. The number of benzene rings is 1. The third-order valence-corrected chi connectivity index (χ3v) is 5.39. The minimum absolute atomic E-state index is 0. The first-order valence-corrected chi connectivity index (χ1v) is 8.29. The SMILES string of the molecule is CC(C(=O)N1CCCC1C1CCC1)C(N)c1ccccc1.Cl. The summed E-state index contributed by atoms with van der Waals surface area (Å²) in [6, 6.07) is 10.3. The molecule has 3 atom stereocenters. The normalized spacial score (nSPS) is 24.3. The van der Waals surface area contributed by atoms with Gasteiger partial charge in [0, 0.05) is 18.6 Å². The number of nitrogens with zero attached hydrogens (tertiary/aromatic N) is 1. The number of hydrogen-bond donors (Lipinski definition) is 1. The predicted octanol–water partition coefficient (Wildman–Crippen LogP) is 3.54. The maximum Gasteiger partial charge on any atom is 0.227 e. The quantitative estimate of drug-likeness (QED) is 0.921. The van der Waals surface area contributed by atoms with Crippen molar-refractivity contribution in [3.63, 3.8) is 0 Å². The molecule has 1 saturated carbocycles. The molecule has 2 N–H and O–H groups in total. The number of amides is 1. The van der Waals surface area contributed by atoms with E-state index >= 15 is 0 Å². The highest BCUT2D eigenvalue weighted by Gasteiger charge is 2.39. The molecular formula is C18H27ClN2O. The molecule has 0 aromatic heterocycles. The van der Waals surface area contributed by atoms with Gasteiger partial charge in [-0.15, -0.1) is 12.4 Å². The number of likely N-dealkylation sites (tertiary alicyclic amines) is 1. The average molecular weight is 323 g/mol. The number of nitrogens with two attached hydrogens (primary N) is 1. The molecule has 0 bridgehead atoms. The van der Waals surface area contributed by atoms with Gasteiger partial charge in [-0.25, -0.2) is 0 Å². The Morgan fingerprint density at radius 3 is 2.45 bits per heavy atom. The highest BCUT2D eigenvalue weighted by atomic mass is 35.5. The van der Waals surface area contributed by atoms with Crippen molar-refractivity contribution in [2.45, 2.75) is 51.1 Å². The molecule has 1 amide bonds. The number of carbonyl (C=O) groups excluding carboxylic acids is 1. The summed E-state index contributed by atoms with van der Waals surface area (Å²) in [7, 11) is 0. The lowest BCUT2D eigenvalue weighted by molar-refractivity contribution is -0.138. The molecule has 1 aromatic rings. The maximum atomic E-state index is 12.9. The fourth-order valence-electron chi connectivity index (χ4n) is 3.76. The van der Waals surface area contributed by atoms with E-state index in [1.807, 2.05) is 37.3 Å². The van der Waals surface area contributed by atoms with Crippen LogP contribution in [0.2, 0.25) is 0 Å². The van der Waals surface area contributed by atoms with Crippen LogP contribution >= 0.6 is 12.4 Å². The van der Waals surface area contributed by atoms with Crippen LogP contribution in [0.1, 0.15) is 50.6 Å². The van der Waals surface area contributed by atoms with Gasteiger partial charge in [0.25, 0.3) is 0 Å². The van der Waals surface area contributed by atoms with Gasteiger partial charge in [0.2, 0.25) is 5.91 Å². The Balaban J connectivity index is 0.00000176. The van der Waals surface area contributed by atoms with Crippen LogP contribution in [0.3, 0.4) is 0 Å². The second-order valence-electron chi connectivity index (χ2n) is 6.66. The van der Waals surface area contributed by atoms with Gasteiger partial charge in [0.05, 0.1) is 5.92 Å². The average Bonchev–Trinajstić information content (AvgIpc) is 2.93. The minimum Gasteiger partial charge on any atom is -0.339 e.